The SMILES string of the molecule is Cc1cn(C2OC3(CO)CCCC2C3O)c(=O)[nH]c1=O. The summed E-state index contributed by atoms with van der Waals surface area (Å²) in [7, 11) is 0. The summed E-state index contributed by atoms with van der Waals surface area (Å²) in [4.78, 5) is 25.6. The molecular formula is C13H18N2O5. The maximum Gasteiger partial charge on any atom is 0.330 e. The quantitative estimate of drug-likeness (QED) is 0.663. The van der Waals surface area contributed by atoms with E-state index in [1.54, 1.807) is 6.92 Å². The van der Waals surface area contributed by atoms with Crippen LogP contribution in [0.25, 0.3) is 0 Å². The van der Waals surface area contributed by atoms with Crippen LogP contribution in [-0.2, 0) is 4.74 Å². The Morgan fingerprint density at radius 1 is 1.55 bits per heavy atom. The molecular weight excluding hydrogens is 264 g/mol. The predicted molar refractivity (Wildman–Crippen MR) is 69.3 cm³/mol. The highest BCUT2D eigenvalue weighted by Gasteiger charge is 2.57. The fraction of sp³-hybridized carbons (Fsp3) is 0.692. The lowest BCUT2D eigenvalue weighted by Gasteiger charge is -2.33. The fourth-order valence-electron chi connectivity index (χ4n) is 3.34. The Balaban J connectivity index is 2.06. The predicted octanol–water partition coefficient (Wildman–Crippen LogP) is -0.734. The van der Waals surface area contributed by atoms with E-state index in [1.807, 2.05) is 0 Å². The first kappa shape index (κ1) is 13.5. The van der Waals surface area contributed by atoms with Gasteiger partial charge in [-0.3, -0.25) is 14.3 Å². The van der Waals surface area contributed by atoms with Crippen molar-refractivity contribution in [3.63, 3.8) is 0 Å². The molecule has 1 aliphatic carbocycles. The maximum absolute atomic E-state index is 12.0. The number of fused-ring (bicyclic) bond motifs is 2. The average molecular weight is 282 g/mol. The molecule has 2 heterocycles. The van der Waals surface area contributed by atoms with Gasteiger partial charge in [-0.1, -0.05) is 0 Å². The third-order valence-corrected chi connectivity index (χ3v) is 4.49. The van der Waals surface area contributed by atoms with Crippen LogP contribution >= 0.6 is 0 Å². The Bertz CT molecular complexity index is 636. The standard InChI is InChI=1S/C13H18N2O5/c1-7-5-15(12(19)14-10(7)18)11-8-3-2-4-13(6-16,20-11)9(8)17/h5,8-9,11,16-17H,2-4,6H2,1H3,(H,14,18,19). The molecule has 1 aromatic rings. The van der Waals surface area contributed by atoms with E-state index < -0.39 is 29.2 Å². The van der Waals surface area contributed by atoms with E-state index in [9.17, 15) is 19.8 Å². The van der Waals surface area contributed by atoms with Gasteiger partial charge in [-0.05, 0) is 26.2 Å². The minimum atomic E-state index is -0.989. The summed E-state index contributed by atoms with van der Waals surface area (Å²) < 4.78 is 7.15. The minimum absolute atomic E-state index is 0.251. The second kappa shape index (κ2) is 4.54. The largest absolute Gasteiger partial charge is 0.393 e. The lowest BCUT2D eigenvalue weighted by atomic mass is 9.78. The number of hydrogen-bond acceptors (Lipinski definition) is 5. The highest BCUT2D eigenvalue weighted by atomic mass is 16.6. The van der Waals surface area contributed by atoms with Gasteiger partial charge in [-0.2, -0.15) is 0 Å². The molecule has 1 saturated carbocycles. The molecule has 0 amide bonds. The van der Waals surface area contributed by atoms with Crippen molar-refractivity contribution in [3.05, 3.63) is 32.6 Å². The average Bonchev–Trinajstić information content (AvgIpc) is 2.60. The van der Waals surface area contributed by atoms with Gasteiger partial charge in [-0.15, -0.1) is 0 Å². The van der Waals surface area contributed by atoms with Gasteiger partial charge in [0.2, 0.25) is 0 Å². The van der Waals surface area contributed by atoms with Gasteiger partial charge in [0.1, 0.15) is 11.8 Å². The summed E-state index contributed by atoms with van der Waals surface area (Å²) in [6.45, 7) is 1.33. The summed E-state index contributed by atoms with van der Waals surface area (Å²) in [5.74, 6) is -0.251. The van der Waals surface area contributed by atoms with Crippen molar-refractivity contribution < 1.29 is 14.9 Å². The Labute approximate surface area is 114 Å². The van der Waals surface area contributed by atoms with Gasteiger partial charge in [0.05, 0.1) is 12.7 Å². The van der Waals surface area contributed by atoms with Gasteiger partial charge in [-0.25, -0.2) is 4.79 Å². The van der Waals surface area contributed by atoms with Gasteiger partial charge in [0.15, 0.2) is 0 Å². The Kier molecular flexibility index (Phi) is 3.07. The molecule has 7 heteroatoms. The molecule has 2 bridgehead atoms. The van der Waals surface area contributed by atoms with E-state index in [0.29, 0.717) is 12.0 Å². The monoisotopic (exact) mass is 282 g/mol. The number of nitrogens with zero attached hydrogens (tertiary/aromatic N) is 1. The van der Waals surface area contributed by atoms with Gasteiger partial charge in [0.25, 0.3) is 5.56 Å². The molecule has 0 spiro atoms. The van der Waals surface area contributed by atoms with Gasteiger partial charge >= 0.3 is 5.69 Å². The number of rotatable bonds is 2. The molecule has 110 valence electrons. The number of aromatic amines is 1. The normalized spacial score (nSPS) is 36.2. The first-order valence-electron chi connectivity index (χ1n) is 6.77. The smallest absolute Gasteiger partial charge is 0.330 e. The number of aliphatic hydroxyl groups is 2. The molecule has 0 aromatic carbocycles. The van der Waals surface area contributed by atoms with E-state index in [2.05, 4.69) is 4.98 Å². The lowest BCUT2D eigenvalue weighted by molar-refractivity contribution is -0.132. The van der Waals surface area contributed by atoms with E-state index >= 15 is 0 Å². The lowest BCUT2D eigenvalue weighted by Crippen LogP contribution is -2.47. The number of ether oxygens (including phenoxy) is 1. The molecule has 4 atom stereocenters. The second-order valence-corrected chi connectivity index (χ2v) is 5.71. The Morgan fingerprint density at radius 2 is 2.30 bits per heavy atom. The first-order chi connectivity index (χ1) is 9.48. The zero-order valence-corrected chi connectivity index (χ0v) is 11.2. The van der Waals surface area contributed by atoms with Crippen molar-refractivity contribution >= 4 is 0 Å². The molecule has 1 saturated heterocycles. The van der Waals surface area contributed by atoms with Crippen molar-refractivity contribution in [1.82, 2.24) is 9.55 Å². The zero-order valence-electron chi connectivity index (χ0n) is 11.2. The molecule has 20 heavy (non-hydrogen) atoms. The van der Waals surface area contributed by atoms with Crippen molar-refractivity contribution in [1.29, 1.82) is 0 Å². The number of H-pyrrole nitrogens is 1. The highest BCUT2D eigenvalue weighted by molar-refractivity contribution is 5.07. The number of aryl methyl sites for hydroxylation is 1. The molecule has 4 unspecified atom stereocenters. The number of hydrogen-bond donors (Lipinski definition) is 3. The summed E-state index contributed by atoms with van der Waals surface area (Å²) in [6, 6.07) is 0. The van der Waals surface area contributed by atoms with Crippen molar-refractivity contribution in [2.24, 2.45) is 5.92 Å². The molecule has 1 aromatic heterocycles. The van der Waals surface area contributed by atoms with Crippen LogP contribution in [0.2, 0.25) is 0 Å². The van der Waals surface area contributed by atoms with Gasteiger partial charge < -0.3 is 14.9 Å². The van der Waals surface area contributed by atoms with Crippen LogP contribution < -0.4 is 11.2 Å². The molecule has 0 radical (unpaired) electrons. The zero-order chi connectivity index (χ0) is 14.5. The maximum atomic E-state index is 12.0. The first-order valence-corrected chi connectivity index (χ1v) is 6.77. The molecule has 3 N–H and O–H groups in total. The fourth-order valence-corrected chi connectivity index (χ4v) is 3.34. The minimum Gasteiger partial charge on any atom is -0.393 e. The van der Waals surface area contributed by atoms with Crippen LogP contribution in [0.1, 0.15) is 31.1 Å². The van der Waals surface area contributed by atoms with E-state index in [4.69, 9.17) is 4.74 Å². The summed E-state index contributed by atoms with van der Waals surface area (Å²) in [6.07, 6.45) is 2.11. The molecule has 7 nitrogen and oxygen atoms in total. The summed E-state index contributed by atoms with van der Waals surface area (Å²) in [5, 5.41) is 19.9. The summed E-state index contributed by atoms with van der Waals surface area (Å²) in [5.41, 5.74) is -1.57. The van der Waals surface area contributed by atoms with E-state index in [-0.39, 0.29) is 12.5 Å². The van der Waals surface area contributed by atoms with Crippen molar-refractivity contribution in [2.45, 2.75) is 44.1 Å². The van der Waals surface area contributed by atoms with Crippen LogP contribution in [0.5, 0.6) is 0 Å². The Morgan fingerprint density at radius 3 is 2.95 bits per heavy atom. The number of aromatic nitrogens is 2. The molecule has 3 rings (SSSR count). The molecule has 1 aliphatic heterocycles. The Hall–Kier alpha value is -1.44. The third-order valence-electron chi connectivity index (χ3n) is 4.49. The molecule has 2 aliphatic rings. The van der Waals surface area contributed by atoms with Crippen LogP contribution in [0.4, 0.5) is 0 Å². The van der Waals surface area contributed by atoms with E-state index in [0.717, 1.165) is 12.8 Å². The van der Waals surface area contributed by atoms with Gasteiger partial charge in [0, 0.05) is 17.7 Å². The second-order valence-electron chi connectivity index (χ2n) is 5.71. The highest BCUT2D eigenvalue weighted by Crippen LogP contribution is 2.49. The third kappa shape index (κ3) is 1.77. The van der Waals surface area contributed by atoms with Crippen LogP contribution in [0.15, 0.2) is 15.8 Å². The van der Waals surface area contributed by atoms with Crippen molar-refractivity contribution in [3.8, 4) is 0 Å². The molecule has 2 fully saturated rings. The van der Waals surface area contributed by atoms with Crippen LogP contribution in [0.3, 0.4) is 0 Å². The van der Waals surface area contributed by atoms with Crippen LogP contribution in [-0.4, -0.2) is 38.1 Å². The van der Waals surface area contributed by atoms with E-state index in [1.165, 1.54) is 10.8 Å². The van der Waals surface area contributed by atoms with Crippen molar-refractivity contribution in [2.75, 3.05) is 6.61 Å². The number of aliphatic hydroxyl groups excluding tert-OH is 2. The summed E-state index contributed by atoms with van der Waals surface area (Å²) >= 11 is 0. The van der Waals surface area contributed by atoms with Crippen LogP contribution in [0, 0.1) is 12.8 Å². The number of nitrogens with one attached hydrogen (secondary N) is 1. The topological polar surface area (TPSA) is 105 Å².